The second-order valence-electron chi connectivity index (χ2n) is 6.34. The lowest BCUT2D eigenvalue weighted by Crippen LogP contribution is -2.30. The van der Waals surface area contributed by atoms with Crippen LogP contribution in [0.5, 0.6) is 0 Å². The number of hydrogen-bond acceptors (Lipinski definition) is 5. The molecule has 0 bridgehead atoms. The fourth-order valence-electron chi connectivity index (χ4n) is 2.99. The maximum absolute atomic E-state index is 12.6. The molecule has 1 heterocycles. The predicted octanol–water partition coefficient (Wildman–Crippen LogP) is 4.18. The molecule has 0 aliphatic carbocycles. The highest BCUT2D eigenvalue weighted by Crippen LogP contribution is 2.23. The second kappa shape index (κ2) is 8.48. The number of hydrogen-bond donors (Lipinski definition) is 1. The molecular weight excluding hydrogens is 378 g/mol. The number of fused-ring (bicyclic) bond motifs is 1. The zero-order chi connectivity index (χ0) is 19.4. The molecule has 0 aliphatic heterocycles. The summed E-state index contributed by atoms with van der Waals surface area (Å²) < 4.78 is 27.8. The molecule has 1 atom stereocenters. The van der Waals surface area contributed by atoms with Gasteiger partial charge in [-0.05, 0) is 36.8 Å². The molecule has 7 heteroatoms. The van der Waals surface area contributed by atoms with Crippen LogP contribution in [0.25, 0.3) is 10.2 Å². The van der Waals surface area contributed by atoms with Gasteiger partial charge in [-0.2, -0.15) is 4.31 Å². The van der Waals surface area contributed by atoms with Gasteiger partial charge in [0.25, 0.3) is 0 Å². The maximum atomic E-state index is 12.6. The molecule has 2 aromatic carbocycles. The van der Waals surface area contributed by atoms with Crippen molar-refractivity contribution in [3.05, 3.63) is 59.1 Å². The first-order valence-corrected chi connectivity index (χ1v) is 11.4. The van der Waals surface area contributed by atoms with Gasteiger partial charge < -0.3 is 5.32 Å². The fraction of sp³-hybridized carbons (Fsp3) is 0.350. The number of thiazole rings is 1. The van der Waals surface area contributed by atoms with Gasteiger partial charge in [-0.3, -0.25) is 0 Å². The van der Waals surface area contributed by atoms with E-state index in [-0.39, 0.29) is 6.04 Å². The Morgan fingerprint density at radius 3 is 2.37 bits per heavy atom. The molecule has 0 unspecified atom stereocenters. The molecule has 27 heavy (non-hydrogen) atoms. The van der Waals surface area contributed by atoms with Crippen molar-refractivity contribution in [3.63, 3.8) is 0 Å². The molecular formula is C20H25N3O2S2. The average molecular weight is 404 g/mol. The molecule has 3 aromatic rings. The first kappa shape index (κ1) is 19.9. The van der Waals surface area contributed by atoms with Crippen LogP contribution in [-0.4, -0.2) is 30.8 Å². The maximum Gasteiger partial charge on any atom is 0.243 e. The molecule has 3 rings (SSSR count). The third-order valence-electron chi connectivity index (χ3n) is 4.62. The third-order valence-corrected chi connectivity index (χ3v) is 7.72. The Labute approximate surface area is 165 Å². The summed E-state index contributed by atoms with van der Waals surface area (Å²) in [6.07, 6.45) is 0. The summed E-state index contributed by atoms with van der Waals surface area (Å²) in [4.78, 5) is 4.98. The van der Waals surface area contributed by atoms with Crippen molar-refractivity contribution in [1.29, 1.82) is 0 Å². The Morgan fingerprint density at radius 1 is 1.07 bits per heavy atom. The summed E-state index contributed by atoms with van der Waals surface area (Å²) in [5.41, 5.74) is 2.08. The van der Waals surface area contributed by atoms with Crippen molar-refractivity contribution in [2.75, 3.05) is 13.1 Å². The summed E-state index contributed by atoms with van der Waals surface area (Å²) in [6.45, 7) is 7.40. The molecule has 1 N–H and O–H groups in total. The zero-order valence-electron chi connectivity index (χ0n) is 15.8. The highest BCUT2D eigenvalue weighted by Gasteiger charge is 2.21. The molecule has 0 fully saturated rings. The number of nitrogens with zero attached hydrogens (tertiary/aromatic N) is 2. The van der Waals surface area contributed by atoms with Gasteiger partial charge in [0.1, 0.15) is 5.01 Å². The first-order valence-electron chi connectivity index (χ1n) is 9.13. The summed E-state index contributed by atoms with van der Waals surface area (Å²) >= 11 is 1.69. The molecule has 0 radical (unpaired) electrons. The lowest BCUT2D eigenvalue weighted by molar-refractivity contribution is 0.445. The molecule has 0 saturated heterocycles. The van der Waals surface area contributed by atoms with E-state index in [0.29, 0.717) is 24.5 Å². The van der Waals surface area contributed by atoms with E-state index in [1.807, 2.05) is 44.2 Å². The largest absolute Gasteiger partial charge is 0.304 e. The van der Waals surface area contributed by atoms with E-state index in [4.69, 9.17) is 0 Å². The van der Waals surface area contributed by atoms with Crippen LogP contribution in [0, 0.1) is 0 Å². The number of rotatable bonds is 8. The number of aromatic nitrogens is 1. The van der Waals surface area contributed by atoms with Crippen molar-refractivity contribution >= 4 is 31.6 Å². The quantitative estimate of drug-likeness (QED) is 0.613. The smallest absolute Gasteiger partial charge is 0.243 e. The average Bonchev–Trinajstić information content (AvgIpc) is 3.10. The van der Waals surface area contributed by atoms with Crippen molar-refractivity contribution in [2.45, 2.75) is 38.3 Å². The van der Waals surface area contributed by atoms with Crippen LogP contribution in [0.1, 0.15) is 37.4 Å². The lowest BCUT2D eigenvalue weighted by Gasteiger charge is -2.19. The van der Waals surface area contributed by atoms with Crippen LogP contribution in [0.4, 0.5) is 0 Å². The van der Waals surface area contributed by atoms with Crippen molar-refractivity contribution < 1.29 is 8.42 Å². The van der Waals surface area contributed by atoms with Crippen molar-refractivity contribution in [3.8, 4) is 0 Å². The van der Waals surface area contributed by atoms with Gasteiger partial charge in [-0.15, -0.1) is 11.3 Å². The van der Waals surface area contributed by atoms with E-state index in [1.54, 1.807) is 23.5 Å². The molecule has 0 spiro atoms. The van der Waals surface area contributed by atoms with Crippen LogP contribution < -0.4 is 5.32 Å². The van der Waals surface area contributed by atoms with Gasteiger partial charge in [-0.1, -0.05) is 38.1 Å². The highest BCUT2D eigenvalue weighted by atomic mass is 32.2. The Bertz CT molecular complexity index is 960. The normalized spacial score (nSPS) is 13.3. The second-order valence-corrected chi connectivity index (χ2v) is 9.39. The molecule has 144 valence electrons. The zero-order valence-corrected chi connectivity index (χ0v) is 17.5. The Kier molecular flexibility index (Phi) is 6.26. The number of nitrogens with one attached hydrogen (secondary N) is 1. The third kappa shape index (κ3) is 4.38. The molecule has 0 aliphatic rings. The van der Waals surface area contributed by atoms with E-state index in [1.165, 1.54) is 9.01 Å². The fourth-order valence-corrected chi connectivity index (χ4v) is 5.37. The van der Waals surface area contributed by atoms with Gasteiger partial charge in [0.15, 0.2) is 0 Å². The Hall–Kier alpha value is -1.80. The molecule has 0 saturated carbocycles. The summed E-state index contributed by atoms with van der Waals surface area (Å²) in [5, 5.41) is 4.51. The topological polar surface area (TPSA) is 62.3 Å². The van der Waals surface area contributed by atoms with Crippen molar-refractivity contribution in [2.24, 2.45) is 0 Å². The minimum Gasteiger partial charge on any atom is -0.304 e. The van der Waals surface area contributed by atoms with E-state index in [2.05, 4.69) is 23.3 Å². The summed E-state index contributed by atoms with van der Waals surface area (Å²) in [7, 11) is -3.41. The van der Waals surface area contributed by atoms with Crippen LogP contribution in [0.3, 0.4) is 0 Å². The number of para-hydroxylation sites is 1. The van der Waals surface area contributed by atoms with E-state index < -0.39 is 10.0 Å². The lowest BCUT2D eigenvalue weighted by atomic mass is 10.1. The van der Waals surface area contributed by atoms with Gasteiger partial charge in [0.05, 0.1) is 15.1 Å². The molecule has 1 aromatic heterocycles. The Morgan fingerprint density at radius 2 is 1.74 bits per heavy atom. The number of benzene rings is 2. The predicted molar refractivity (Wildman–Crippen MR) is 111 cm³/mol. The van der Waals surface area contributed by atoms with Gasteiger partial charge in [0.2, 0.25) is 10.0 Å². The Balaban J connectivity index is 1.67. The van der Waals surface area contributed by atoms with E-state index in [9.17, 15) is 8.42 Å². The van der Waals surface area contributed by atoms with Gasteiger partial charge >= 0.3 is 0 Å². The minimum absolute atomic E-state index is 0.0993. The monoisotopic (exact) mass is 403 g/mol. The number of sulfonamides is 1. The van der Waals surface area contributed by atoms with Crippen LogP contribution in [0.15, 0.2) is 53.4 Å². The minimum atomic E-state index is -3.41. The van der Waals surface area contributed by atoms with Crippen molar-refractivity contribution in [1.82, 2.24) is 14.6 Å². The van der Waals surface area contributed by atoms with Gasteiger partial charge in [-0.25, -0.2) is 13.4 Å². The SMILES string of the molecule is CCN(CC)S(=O)(=O)c1ccc([C@H](C)NCc2nc3ccccc3s2)cc1. The van der Waals surface area contributed by atoms with E-state index >= 15 is 0 Å². The van der Waals surface area contributed by atoms with Crippen LogP contribution in [0.2, 0.25) is 0 Å². The van der Waals surface area contributed by atoms with E-state index in [0.717, 1.165) is 16.1 Å². The standard InChI is InChI=1S/C20H25N3O2S2/c1-4-23(5-2)27(24,25)17-12-10-16(11-13-17)15(3)21-14-20-22-18-8-6-7-9-19(18)26-20/h6-13,15,21H,4-5,14H2,1-3H3/t15-/m0/s1. The van der Waals surface area contributed by atoms with Crippen LogP contribution in [-0.2, 0) is 16.6 Å². The van der Waals surface area contributed by atoms with Crippen LogP contribution >= 0.6 is 11.3 Å². The summed E-state index contributed by atoms with van der Waals surface area (Å²) in [6, 6.07) is 15.4. The highest BCUT2D eigenvalue weighted by molar-refractivity contribution is 7.89. The summed E-state index contributed by atoms with van der Waals surface area (Å²) in [5.74, 6) is 0. The van der Waals surface area contributed by atoms with Gasteiger partial charge in [0, 0.05) is 25.7 Å². The first-order chi connectivity index (χ1) is 13.0. The molecule has 5 nitrogen and oxygen atoms in total. The molecule has 0 amide bonds.